The third-order valence-electron chi connectivity index (χ3n) is 2.13. The third-order valence-corrected chi connectivity index (χ3v) is 3.85. The summed E-state index contributed by atoms with van der Waals surface area (Å²) in [6.07, 6.45) is 2.36. The predicted octanol–water partition coefficient (Wildman–Crippen LogP) is 3.32. The molecule has 0 spiro atoms. The molecule has 0 aliphatic rings. The van der Waals surface area contributed by atoms with Gasteiger partial charge in [-0.1, -0.05) is 0 Å². The lowest BCUT2D eigenvalue weighted by Crippen LogP contribution is -2.01. The molecule has 0 aliphatic heterocycles. The lowest BCUT2D eigenvalue weighted by atomic mass is 10.1. The summed E-state index contributed by atoms with van der Waals surface area (Å²) in [6.45, 7) is 0. The van der Waals surface area contributed by atoms with E-state index in [0.717, 1.165) is 15.5 Å². The predicted molar refractivity (Wildman–Crippen MR) is 64.9 cm³/mol. The van der Waals surface area contributed by atoms with Gasteiger partial charge in [0.2, 0.25) is 0 Å². The van der Waals surface area contributed by atoms with Crippen LogP contribution in [0.1, 0.15) is 16.5 Å². The Bertz CT molecular complexity index is 488. The largest absolute Gasteiger partial charge is 0.388 e. The van der Waals surface area contributed by atoms with E-state index in [9.17, 15) is 9.50 Å². The minimum absolute atomic E-state index is 0.427. The van der Waals surface area contributed by atoms with Gasteiger partial charge in [0, 0.05) is 32.9 Å². The minimum atomic E-state index is -0.714. The molecule has 16 heavy (non-hydrogen) atoms. The summed E-state index contributed by atoms with van der Waals surface area (Å²) < 4.78 is 13.9. The molecule has 5 heteroatoms. The number of aromatic nitrogens is 1. The van der Waals surface area contributed by atoms with E-state index in [4.69, 9.17) is 0 Å². The zero-order valence-corrected chi connectivity index (χ0v) is 10.6. The maximum atomic E-state index is 12.9. The van der Waals surface area contributed by atoms with Crippen molar-refractivity contribution >= 4 is 27.3 Å². The van der Waals surface area contributed by atoms with Crippen molar-refractivity contribution in [3.05, 3.63) is 50.6 Å². The van der Waals surface area contributed by atoms with Crippen molar-refractivity contribution in [2.45, 2.75) is 12.5 Å². The smallest absolute Gasteiger partial charge is 0.141 e. The molecular formula is C11H9BrFNOS. The molecular weight excluding hydrogens is 293 g/mol. The SMILES string of the molecule is OC(Cc1cc(Br)cs1)c1cncc(F)c1. The van der Waals surface area contributed by atoms with Crippen molar-refractivity contribution in [3.63, 3.8) is 0 Å². The average Bonchev–Trinajstić information content (AvgIpc) is 2.64. The summed E-state index contributed by atoms with van der Waals surface area (Å²) in [5.74, 6) is -0.427. The van der Waals surface area contributed by atoms with Crippen LogP contribution >= 0.6 is 27.3 Å². The van der Waals surface area contributed by atoms with Crippen LogP contribution in [0.2, 0.25) is 0 Å². The highest BCUT2D eigenvalue weighted by Crippen LogP contribution is 2.25. The quantitative estimate of drug-likeness (QED) is 0.943. The van der Waals surface area contributed by atoms with E-state index >= 15 is 0 Å². The van der Waals surface area contributed by atoms with Crippen LogP contribution in [-0.2, 0) is 6.42 Å². The van der Waals surface area contributed by atoms with E-state index in [1.165, 1.54) is 12.3 Å². The van der Waals surface area contributed by atoms with Crippen LogP contribution in [0.3, 0.4) is 0 Å². The first-order valence-electron chi connectivity index (χ1n) is 4.66. The van der Waals surface area contributed by atoms with Crippen molar-refractivity contribution in [3.8, 4) is 0 Å². The van der Waals surface area contributed by atoms with Crippen LogP contribution in [-0.4, -0.2) is 10.1 Å². The first kappa shape index (κ1) is 11.7. The summed E-state index contributed by atoms with van der Waals surface area (Å²) >= 11 is 4.90. The Kier molecular flexibility index (Phi) is 3.68. The fourth-order valence-electron chi connectivity index (χ4n) is 1.38. The Morgan fingerprint density at radius 2 is 2.25 bits per heavy atom. The van der Waals surface area contributed by atoms with E-state index in [0.29, 0.717) is 12.0 Å². The van der Waals surface area contributed by atoms with Gasteiger partial charge in [-0.2, -0.15) is 0 Å². The molecule has 1 N–H and O–H groups in total. The first-order chi connectivity index (χ1) is 7.65. The zero-order valence-electron chi connectivity index (χ0n) is 8.23. The summed E-state index contributed by atoms with van der Waals surface area (Å²) in [5.41, 5.74) is 0.504. The van der Waals surface area contributed by atoms with E-state index in [1.54, 1.807) is 11.3 Å². The molecule has 0 fully saturated rings. The fraction of sp³-hybridized carbons (Fsp3) is 0.182. The van der Waals surface area contributed by atoms with Gasteiger partial charge in [0.25, 0.3) is 0 Å². The number of halogens is 2. The molecule has 0 bridgehead atoms. The highest BCUT2D eigenvalue weighted by atomic mass is 79.9. The highest BCUT2D eigenvalue weighted by molar-refractivity contribution is 9.10. The van der Waals surface area contributed by atoms with Crippen molar-refractivity contribution < 1.29 is 9.50 Å². The topological polar surface area (TPSA) is 33.1 Å². The van der Waals surface area contributed by atoms with E-state index in [2.05, 4.69) is 20.9 Å². The Morgan fingerprint density at radius 1 is 1.44 bits per heavy atom. The Hall–Kier alpha value is -0.780. The Labute approximate surface area is 105 Å². The van der Waals surface area contributed by atoms with Gasteiger partial charge < -0.3 is 5.11 Å². The second kappa shape index (κ2) is 5.03. The summed E-state index contributed by atoms with van der Waals surface area (Å²) in [4.78, 5) is 4.76. The van der Waals surface area contributed by atoms with Crippen LogP contribution in [0.4, 0.5) is 4.39 Å². The molecule has 2 heterocycles. The first-order valence-corrected chi connectivity index (χ1v) is 6.34. The lowest BCUT2D eigenvalue weighted by Gasteiger charge is -2.08. The molecule has 0 radical (unpaired) electrons. The number of aliphatic hydroxyl groups is 1. The van der Waals surface area contributed by atoms with Crippen molar-refractivity contribution in [1.82, 2.24) is 4.98 Å². The normalized spacial score (nSPS) is 12.7. The van der Waals surface area contributed by atoms with Gasteiger partial charge in [-0.25, -0.2) is 4.39 Å². The maximum Gasteiger partial charge on any atom is 0.141 e. The summed E-state index contributed by atoms with van der Waals surface area (Å²) in [5, 5.41) is 11.8. The number of aliphatic hydroxyl groups excluding tert-OH is 1. The Balaban J connectivity index is 2.11. The minimum Gasteiger partial charge on any atom is -0.388 e. The molecule has 2 nitrogen and oxygen atoms in total. The second-order valence-electron chi connectivity index (χ2n) is 3.39. The van der Waals surface area contributed by atoms with Gasteiger partial charge in [-0.3, -0.25) is 4.98 Å². The molecule has 0 amide bonds. The summed E-state index contributed by atoms with van der Waals surface area (Å²) in [6, 6.07) is 3.25. The molecule has 2 rings (SSSR count). The van der Waals surface area contributed by atoms with Gasteiger partial charge in [0.05, 0.1) is 12.3 Å². The van der Waals surface area contributed by atoms with Crippen LogP contribution < -0.4 is 0 Å². The molecule has 0 aromatic carbocycles. The summed E-state index contributed by atoms with van der Waals surface area (Å²) in [7, 11) is 0. The number of rotatable bonds is 3. The second-order valence-corrected chi connectivity index (χ2v) is 5.30. The molecule has 2 aromatic rings. The van der Waals surface area contributed by atoms with Crippen LogP contribution in [0.25, 0.3) is 0 Å². The van der Waals surface area contributed by atoms with Crippen molar-refractivity contribution in [2.24, 2.45) is 0 Å². The van der Waals surface area contributed by atoms with Crippen LogP contribution in [0.15, 0.2) is 34.4 Å². The highest BCUT2D eigenvalue weighted by Gasteiger charge is 2.11. The number of hydrogen-bond acceptors (Lipinski definition) is 3. The number of thiophene rings is 1. The molecule has 2 aromatic heterocycles. The third kappa shape index (κ3) is 2.87. The van der Waals surface area contributed by atoms with Crippen LogP contribution in [0.5, 0.6) is 0 Å². The molecule has 84 valence electrons. The van der Waals surface area contributed by atoms with Gasteiger partial charge >= 0.3 is 0 Å². The molecule has 0 aliphatic carbocycles. The standard InChI is InChI=1S/C11H9BrFNOS/c12-8-2-10(16-6-8)3-11(15)7-1-9(13)5-14-4-7/h1-2,4-6,11,15H,3H2. The van der Waals surface area contributed by atoms with Crippen LogP contribution in [0, 0.1) is 5.82 Å². The lowest BCUT2D eigenvalue weighted by molar-refractivity contribution is 0.178. The maximum absolute atomic E-state index is 12.9. The Morgan fingerprint density at radius 3 is 2.88 bits per heavy atom. The number of nitrogens with zero attached hydrogens (tertiary/aromatic N) is 1. The number of pyridine rings is 1. The van der Waals surface area contributed by atoms with Crippen molar-refractivity contribution in [2.75, 3.05) is 0 Å². The molecule has 1 unspecified atom stereocenters. The molecule has 1 atom stereocenters. The number of hydrogen-bond donors (Lipinski definition) is 1. The zero-order chi connectivity index (χ0) is 11.5. The fourth-order valence-corrected chi connectivity index (χ4v) is 2.87. The molecule has 0 saturated carbocycles. The van der Waals surface area contributed by atoms with E-state index in [-0.39, 0.29) is 0 Å². The van der Waals surface area contributed by atoms with E-state index < -0.39 is 11.9 Å². The van der Waals surface area contributed by atoms with Gasteiger partial charge in [0.15, 0.2) is 0 Å². The molecule has 0 saturated heterocycles. The monoisotopic (exact) mass is 301 g/mol. The van der Waals surface area contributed by atoms with Crippen molar-refractivity contribution in [1.29, 1.82) is 0 Å². The van der Waals surface area contributed by atoms with Gasteiger partial charge in [-0.05, 0) is 28.1 Å². The van der Waals surface area contributed by atoms with E-state index in [1.807, 2.05) is 11.4 Å². The van der Waals surface area contributed by atoms with Gasteiger partial charge in [-0.15, -0.1) is 11.3 Å². The van der Waals surface area contributed by atoms with Gasteiger partial charge in [0.1, 0.15) is 5.82 Å². The average molecular weight is 302 g/mol.